The van der Waals surface area contributed by atoms with Crippen LogP contribution in [0, 0.1) is 13.8 Å². The van der Waals surface area contributed by atoms with Crippen molar-refractivity contribution in [2.75, 3.05) is 6.54 Å². The molecular weight excluding hydrogens is 468 g/mol. The number of aryl methyl sites for hydroxylation is 2. The van der Waals surface area contributed by atoms with Crippen LogP contribution in [0.1, 0.15) is 49.1 Å². The molecule has 2 bridgehead atoms. The van der Waals surface area contributed by atoms with Crippen molar-refractivity contribution in [1.82, 2.24) is 19.0 Å². The number of nitrogens with zero attached hydrogens (tertiary/aromatic N) is 4. The summed E-state index contributed by atoms with van der Waals surface area (Å²) in [6.07, 6.45) is 3.76. The van der Waals surface area contributed by atoms with Gasteiger partial charge in [0.1, 0.15) is 5.82 Å². The third-order valence-corrected chi connectivity index (χ3v) is 7.69. The topological polar surface area (TPSA) is 122 Å². The van der Waals surface area contributed by atoms with Gasteiger partial charge in [-0.3, -0.25) is 9.47 Å². The number of benzene rings is 1. The average molecular weight is 499 g/mol. The molecule has 1 aromatic carbocycles. The second kappa shape index (κ2) is 9.29. The molecule has 0 saturated carbocycles. The van der Waals surface area contributed by atoms with Crippen LogP contribution in [0.3, 0.4) is 0 Å². The molecule has 0 radical (unpaired) electrons. The van der Waals surface area contributed by atoms with Gasteiger partial charge in [-0.05, 0) is 50.7 Å². The largest absolute Gasteiger partial charge is 0.422 e. The Balaban J connectivity index is 1.31. The van der Waals surface area contributed by atoms with Crippen LogP contribution in [0.15, 0.2) is 33.9 Å². The first-order chi connectivity index (χ1) is 17.2. The smallest absolute Gasteiger partial charge is 0.394 e. The van der Waals surface area contributed by atoms with E-state index >= 15 is 0 Å². The van der Waals surface area contributed by atoms with E-state index < -0.39 is 29.2 Å². The zero-order valence-corrected chi connectivity index (χ0v) is 20.6. The van der Waals surface area contributed by atoms with Crippen LogP contribution in [0.2, 0.25) is 0 Å². The summed E-state index contributed by atoms with van der Waals surface area (Å²) >= 11 is 0. The van der Waals surface area contributed by atoms with E-state index in [2.05, 4.69) is 28.9 Å². The number of aromatic nitrogens is 3. The summed E-state index contributed by atoms with van der Waals surface area (Å²) < 4.78 is 18.5. The standard InChI is InChI=1S/C25H30N4O7/c1-15-6-4-5-7-17(15)14-34-20-12-18-8-9-19(13-20)28(18)11-10-25(35-21(30)22(31)36-25)29-23(32)26-16(2)27(3)24(29)33/h4-7,18-20H,8-14H2,1-3H3. The Morgan fingerprint density at radius 2 is 1.67 bits per heavy atom. The number of cyclic esters (lactones) is 2. The van der Waals surface area contributed by atoms with Crippen LogP contribution in [0.4, 0.5) is 0 Å². The lowest BCUT2D eigenvalue weighted by molar-refractivity contribution is -0.232. The highest BCUT2D eigenvalue weighted by atomic mass is 16.8. The number of hydrogen-bond donors (Lipinski definition) is 0. The molecule has 3 fully saturated rings. The number of fused-ring (bicyclic) bond motifs is 2. The Hall–Kier alpha value is -3.31. The first-order valence-corrected chi connectivity index (χ1v) is 12.2. The van der Waals surface area contributed by atoms with Gasteiger partial charge in [-0.2, -0.15) is 9.55 Å². The molecule has 11 nitrogen and oxygen atoms in total. The molecule has 2 unspecified atom stereocenters. The normalized spacial score (nSPS) is 25.1. The summed E-state index contributed by atoms with van der Waals surface area (Å²) in [5.41, 5.74) is 0.666. The van der Waals surface area contributed by atoms with E-state index in [1.165, 1.54) is 25.1 Å². The Kier molecular flexibility index (Phi) is 6.29. The first kappa shape index (κ1) is 24.4. The minimum atomic E-state index is -2.15. The monoisotopic (exact) mass is 498 g/mol. The Labute approximate surface area is 207 Å². The maximum Gasteiger partial charge on any atom is 0.422 e. The molecule has 1 aromatic heterocycles. The minimum absolute atomic E-state index is 0.0634. The van der Waals surface area contributed by atoms with Gasteiger partial charge in [0, 0.05) is 25.7 Å². The van der Waals surface area contributed by atoms with Gasteiger partial charge in [-0.15, -0.1) is 0 Å². The van der Waals surface area contributed by atoms with Crippen LogP contribution in [0.5, 0.6) is 0 Å². The number of ether oxygens (including phenoxy) is 3. The highest BCUT2D eigenvalue weighted by Gasteiger charge is 2.54. The molecule has 0 spiro atoms. The lowest BCUT2D eigenvalue weighted by Crippen LogP contribution is -2.55. The van der Waals surface area contributed by atoms with E-state index in [1.54, 1.807) is 0 Å². The van der Waals surface area contributed by atoms with Crippen molar-refractivity contribution in [2.24, 2.45) is 7.05 Å². The lowest BCUT2D eigenvalue weighted by atomic mass is 9.99. The van der Waals surface area contributed by atoms with Crippen molar-refractivity contribution in [3.63, 3.8) is 0 Å². The maximum atomic E-state index is 12.9. The van der Waals surface area contributed by atoms with Crippen molar-refractivity contribution >= 4 is 11.9 Å². The molecule has 11 heteroatoms. The first-order valence-electron chi connectivity index (χ1n) is 12.2. The number of esters is 2. The molecule has 0 N–H and O–H groups in total. The Morgan fingerprint density at radius 3 is 2.31 bits per heavy atom. The SMILES string of the molecule is Cc1ccccc1COC1CC2CCC(C1)N2CCC1(n2c(=O)nc(C)n(C)c2=O)OC(=O)C(=O)O1. The van der Waals surface area contributed by atoms with E-state index in [-0.39, 0.29) is 30.4 Å². The third-order valence-electron chi connectivity index (χ3n) is 7.69. The third kappa shape index (κ3) is 4.26. The molecule has 5 rings (SSSR count). The van der Waals surface area contributed by atoms with E-state index in [1.807, 2.05) is 12.1 Å². The second-order valence-electron chi connectivity index (χ2n) is 9.81. The predicted octanol–water partition coefficient (Wildman–Crippen LogP) is 0.871. The molecule has 3 aliphatic rings. The van der Waals surface area contributed by atoms with Gasteiger partial charge in [0.15, 0.2) is 0 Å². The fourth-order valence-corrected chi connectivity index (χ4v) is 5.60. The van der Waals surface area contributed by atoms with Crippen LogP contribution in [-0.2, 0) is 43.4 Å². The van der Waals surface area contributed by atoms with Gasteiger partial charge in [-0.25, -0.2) is 19.2 Å². The van der Waals surface area contributed by atoms with Gasteiger partial charge in [0.25, 0.3) is 0 Å². The maximum absolute atomic E-state index is 12.9. The Bertz CT molecular complexity index is 1290. The van der Waals surface area contributed by atoms with Gasteiger partial charge in [0.05, 0.1) is 19.1 Å². The summed E-state index contributed by atoms with van der Waals surface area (Å²) in [6, 6.07) is 8.66. The number of hydrogen-bond acceptors (Lipinski definition) is 9. The molecule has 0 aliphatic carbocycles. The quantitative estimate of drug-likeness (QED) is 0.404. The van der Waals surface area contributed by atoms with E-state index in [9.17, 15) is 19.2 Å². The van der Waals surface area contributed by atoms with Gasteiger partial charge < -0.3 is 14.2 Å². The number of rotatable bonds is 7. The molecule has 4 heterocycles. The fraction of sp³-hybridized carbons (Fsp3) is 0.560. The van der Waals surface area contributed by atoms with Crippen molar-refractivity contribution in [1.29, 1.82) is 0 Å². The Morgan fingerprint density at radius 1 is 1.03 bits per heavy atom. The highest BCUT2D eigenvalue weighted by molar-refractivity contribution is 6.31. The lowest BCUT2D eigenvalue weighted by Gasteiger charge is -2.40. The zero-order chi connectivity index (χ0) is 25.6. The minimum Gasteiger partial charge on any atom is -0.394 e. The molecule has 192 valence electrons. The van der Waals surface area contributed by atoms with E-state index in [4.69, 9.17) is 14.2 Å². The molecule has 2 atom stereocenters. The highest BCUT2D eigenvalue weighted by Crippen LogP contribution is 2.39. The van der Waals surface area contributed by atoms with E-state index in [0.29, 0.717) is 17.7 Å². The van der Waals surface area contributed by atoms with Crippen LogP contribution >= 0.6 is 0 Å². The van der Waals surface area contributed by atoms with Crippen molar-refractivity contribution in [3.8, 4) is 0 Å². The summed E-state index contributed by atoms with van der Waals surface area (Å²) in [5.74, 6) is -4.44. The molecule has 3 saturated heterocycles. The molecule has 0 amide bonds. The van der Waals surface area contributed by atoms with Crippen molar-refractivity contribution in [3.05, 3.63) is 62.2 Å². The molecule has 3 aliphatic heterocycles. The molecule has 36 heavy (non-hydrogen) atoms. The summed E-state index contributed by atoms with van der Waals surface area (Å²) in [4.78, 5) is 55.8. The van der Waals surface area contributed by atoms with Crippen molar-refractivity contribution in [2.45, 2.75) is 76.7 Å². The average Bonchev–Trinajstić information content (AvgIpc) is 3.26. The predicted molar refractivity (Wildman–Crippen MR) is 126 cm³/mol. The summed E-state index contributed by atoms with van der Waals surface area (Å²) in [7, 11) is 1.44. The van der Waals surface area contributed by atoms with Gasteiger partial charge in [0.2, 0.25) is 0 Å². The van der Waals surface area contributed by atoms with E-state index in [0.717, 1.165) is 30.3 Å². The number of carbonyl (C=O) groups is 2. The second-order valence-corrected chi connectivity index (χ2v) is 9.81. The molecule has 2 aromatic rings. The van der Waals surface area contributed by atoms with Gasteiger partial charge >= 0.3 is 29.2 Å². The zero-order valence-electron chi connectivity index (χ0n) is 20.6. The fourth-order valence-electron chi connectivity index (χ4n) is 5.60. The van der Waals surface area contributed by atoms with Crippen LogP contribution < -0.4 is 11.4 Å². The number of carbonyl (C=O) groups excluding carboxylic acids is 2. The molecular formula is C25H30N4O7. The van der Waals surface area contributed by atoms with Crippen LogP contribution in [-0.4, -0.2) is 55.7 Å². The van der Waals surface area contributed by atoms with Crippen molar-refractivity contribution < 1.29 is 23.8 Å². The van der Waals surface area contributed by atoms with Gasteiger partial charge in [-0.1, -0.05) is 24.3 Å². The number of piperidine rings is 1. The van der Waals surface area contributed by atoms with Crippen LogP contribution in [0.25, 0.3) is 0 Å². The summed E-state index contributed by atoms with van der Waals surface area (Å²) in [5, 5.41) is 0. The summed E-state index contributed by atoms with van der Waals surface area (Å²) in [6.45, 7) is 4.52.